The van der Waals surface area contributed by atoms with Crippen LogP contribution in [0.3, 0.4) is 0 Å². The molecular weight excluding hydrogens is 276 g/mol. The Kier molecular flexibility index (Phi) is 5.22. The molecule has 0 N–H and O–H groups in total. The Balaban J connectivity index is 1.91. The zero-order valence-electron chi connectivity index (χ0n) is 14.1. The minimum absolute atomic E-state index is 0.0254. The van der Waals surface area contributed by atoms with Gasteiger partial charge >= 0.3 is 0 Å². The van der Waals surface area contributed by atoms with Crippen LogP contribution in [-0.4, -0.2) is 47.8 Å². The van der Waals surface area contributed by atoms with Crippen molar-refractivity contribution in [3.05, 3.63) is 34.9 Å². The molecule has 1 aliphatic rings. The van der Waals surface area contributed by atoms with Gasteiger partial charge in [-0.25, -0.2) is 0 Å². The summed E-state index contributed by atoms with van der Waals surface area (Å²) in [7, 11) is 0. The molecule has 1 aliphatic heterocycles. The van der Waals surface area contributed by atoms with Gasteiger partial charge in [-0.2, -0.15) is 0 Å². The van der Waals surface area contributed by atoms with E-state index in [0.29, 0.717) is 32.6 Å². The Morgan fingerprint density at radius 2 is 1.64 bits per heavy atom. The van der Waals surface area contributed by atoms with E-state index in [9.17, 15) is 9.59 Å². The first-order chi connectivity index (χ1) is 10.4. The lowest BCUT2D eigenvalue weighted by Gasteiger charge is -2.35. The highest BCUT2D eigenvalue weighted by atomic mass is 16.2. The molecule has 1 heterocycles. The Labute approximate surface area is 133 Å². The predicted molar refractivity (Wildman–Crippen MR) is 87.6 cm³/mol. The third-order valence-corrected chi connectivity index (χ3v) is 4.28. The number of nitrogens with zero attached hydrogens (tertiary/aromatic N) is 2. The summed E-state index contributed by atoms with van der Waals surface area (Å²) in [5.41, 5.74) is 3.48. The summed E-state index contributed by atoms with van der Waals surface area (Å²) in [4.78, 5) is 28.1. The predicted octanol–water partition coefficient (Wildman–Crippen LogP) is 2.17. The number of rotatable bonds is 3. The van der Waals surface area contributed by atoms with Crippen molar-refractivity contribution in [3.63, 3.8) is 0 Å². The van der Waals surface area contributed by atoms with E-state index < -0.39 is 0 Å². The van der Waals surface area contributed by atoms with Gasteiger partial charge < -0.3 is 9.80 Å². The number of hydrogen-bond donors (Lipinski definition) is 0. The zero-order chi connectivity index (χ0) is 16.3. The summed E-state index contributed by atoms with van der Waals surface area (Å²) in [5, 5.41) is 0. The largest absolute Gasteiger partial charge is 0.339 e. The molecule has 1 aromatic carbocycles. The van der Waals surface area contributed by atoms with Crippen LogP contribution < -0.4 is 0 Å². The second kappa shape index (κ2) is 6.95. The molecule has 0 bridgehead atoms. The quantitative estimate of drug-likeness (QED) is 0.858. The molecule has 1 fully saturated rings. The van der Waals surface area contributed by atoms with Crippen LogP contribution in [0.2, 0.25) is 0 Å². The van der Waals surface area contributed by atoms with Gasteiger partial charge in [-0.1, -0.05) is 37.6 Å². The van der Waals surface area contributed by atoms with Crippen LogP contribution in [-0.2, 0) is 16.0 Å². The number of aryl methyl sites for hydroxylation is 2. The van der Waals surface area contributed by atoms with Crippen molar-refractivity contribution in [2.75, 3.05) is 26.2 Å². The topological polar surface area (TPSA) is 40.6 Å². The highest BCUT2D eigenvalue weighted by molar-refractivity contribution is 5.81. The van der Waals surface area contributed by atoms with Gasteiger partial charge in [-0.3, -0.25) is 9.59 Å². The van der Waals surface area contributed by atoms with Crippen molar-refractivity contribution >= 4 is 11.8 Å². The third kappa shape index (κ3) is 3.87. The third-order valence-electron chi connectivity index (χ3n) is 4.28. The molecule has 0 saturated carbocycles. The van der Waals surface area contributed by atoms with Gasteiger partial charge in [0.05, 0.1) is 6.42 Å². The van der Waals surface area contributed by atoms with E-state index in [4.69, 9.17) is 0 Å². The Morgan fingerprint density at radius 3 is 2.18 bits per heavy atom. The van der Waals surface area contributed by atoms with Crippen LogP contribution in [0.5, 0.6) is 0 Å². The molecule has 4 heteroatoms. The number of carbonyl (C=O) groups is 2. The molecule has 120 valence electrons. The maximum Gasteiger partial charge on any atom is 0.227 e. The number of carbonyl (C=O) groups excluding carboxylic acids is 2. The summed E-state index contributed by atoms with van der Waals surface area (Å²) >= 11 is 0. The first-order valence-electron chi connectivity index (χ1n) is 8.01. The van der Waals surface area contributed by atoms with E-state index in [1.54, 1.807) is 0 Å². The van der Waals surface area contributed by atoms with Gasteiger partial charge in [0.15, 0.2) is 0 Å². The number of piperazine rings is 1. The van der Waals surface area contributed by atoms with Gasteiger partial charge in [-0.05, 0) is 25.0 Å². The van der Waals surface area contributed by atoms with Crippen LogP contribution in [0.1, 0.15) is 30.5 Å². The van der Waals surface area contributed by atoms with Crippen LogP contribution in [0.4, 0.5) is 0 Å². The second-order valence-electron chi connectivity index (χ2n) is 6.47. The highest BCUT2D eigenvalue weighted by Crippen LogP contribution is 2.14. The van der Waals surface area contributed by atoms with Crippen molar-refractivity contribution < 1.29 is 9.59 Å². The van der Waals surface area contributed by atoms with E-state index in [0.717, 1.165) is 5.56 Å². The van der Waals surface area contributed by atoms with E-state index in [-0.39, 0.29) is 17.7 Å². The maximum atomic E-state index is 12.4. The molecule has 4 nitrogen and oxygen atoms in total. The van der Waals surface area contributed by atoms with E-state index >= 15 is 0 Å². The molecule has 2 amide bonds. The SMILES string of the molecule is Cc1ccc(CC(=O)N2CCN(C(=O)C(C)C)CC2)c(C)c1. The van der Waals surface area contributed by atoms with E-state index in [2.05, 4.69) is 26.0 Å². The summed E-state index contributed by atoms with van der Waals surface area (Å²) in [6.45, 7) is 10.5. The molecule has 22 heavy (non-hydrogen) atoms. The van der Waals surface area contributed by atoms with E-state index in [1.807, 2.05) is 29.7 Å². The Hall–Kier alpha value is -1.84. The van der Waals surface area contributed by atoms with Crippen LogP contribution in [0.15, 0.2) is 18.2 Å². The average molecular weight is 302 g/mol. The first-order valence-corrected chi connectivity index (χ1v) is 8.01. The molecule has 1 aromatic rings. The first kappa shape index (κ1) is 16.5. The van der Waals surface area contributed by atoms with Crippen LogP contribution >= 0.6 is 0 Å². The maximum absolute atomic E-state index is 12.4. The number of amides is 2. The molecule has 0 atom stereocenters. The summed E-state index contributed by atoms with van der Waals surface area (Å²) in [6, 6.07) is 6.21. The average Bonchev–Trinajstić information content (AvgIpc) is 2.49. The van der Waals surface area contributed by atoms with Crippen LogP contribution in [0.25, 0.3) is 0 Å². The molecule has 0 radical (unpaired) electrons. The molecule has 2 rings (SSSR count). The summed E-state index contributed by atoms with van der Waals surface area (Å²) in [6.07, 6.45) is 0.449. The molecular formula is C18H26N2O2. The zero-order valence-corrected chi connectivity index (χ0v) is 14.1. The van der Waals surface area contributed by atoms with Gasteiger partial charge in [0.1, 0.15) is 0 Å². The molecule has 0 aromatic heterocycles. The lowest BCUT2D eigenvalue weighted by atomic mass is 10.0. The van der Waals surface area contributed by atoms with Crippen molar-refractivity contribution in [2.45, 2.75) is 34.1 Å². The minimum atomic E-state index is 0.0254. The second-order valence-corrected chi connectivity index (χ2v) is 6.47. The lowest BCUT2D eigenvalue weighted by Crippen LogP contribution is -2.51. The van der Waals surface area contributed by atoms with Crippen molar-refractivity contribution in [1.82, 2.24) is 9.80 Å². The van der Waals surface area contributed by atoms with E-state index in [1.165, 1.54) is 11.1 Å². The minimum Gasteiger partial charge on any atom is -0.339 e. The number of benzene rings is 1. The van der Waals surface area contributed by atoms with Crippen molar-refractivity contribution in [3.8, 4) is 0 Å². The van der Waals surface area contributed by atoms with Crippen molar-refractivity contribution in [2.24, 2.45) is 5.92 Å². The summed E-state index contributed by atoms with van der Waals surface area (Å²) in [5.74, 6) is 0.363. The van der Waals surface area contributed by atoms with Gasteiger partial charge in [0, 0.05) is 32.1 Å². The fraction of sp³-hybridized carbons (Fsp3) is 0.556. The van der Waals surface area contributed by atoms with Gasteiger partial charge in [0.2, 0.25) is 11.8 Å². The van der Waals surface area contributed by atoms with Gasteiger partial charge in [0.25, 0.3) is 0 Å². The smallest absolute Gasteiger partial charge is 0.227 e. The fourth-order valence-electron chi connectivity index (χ4n) is 2.86. The molecule has 0 spiro atoms. The summed E-state index contributed by atoms with van der Waals surface area (Å²) < 4.78 is 0. The normalized spacial score (nSPS) is 15.3. The Morgan fingerprint density at radius 1 is 1.05 bits per heavy atom. The van der Waals surface area contributed by atoms with Crippen LogP contribution in [0, 0.1) is 19.8 Å². The molecule has 0 aliphatic carbocycles. The standard InChI is InChI=1S/C18H26N2O2/c1-13(2)18(22)20-9-7-19(8-10-20)17(21)12-16-6-5-14(3)11-15(16)4/h5-6,11,13H,7-10,12H2,1-4H3. The highest BCUT2D eigenvalue weighted by Gasteiger charge is 2.25. The fourth-order valence-corrected chi connectivity index (χ4v) is 2.86. The Bertz CT molecular complexity index is 558. The lowest BCUT2D eigenvalue weighted by molar-refractivity contribution is -0.141. The number of hydrogen-bond acceptors (Lipinski definition) is 2. The van der Waals surface area contributed by atoms with Gasteiger partial charge in [-0.15, -0.1) is 0 Å². The molecule has 1 saturated heterocycles. The molecule has 0 unspecified atom stereocenters. The monoisotopic (exact) mass is 302 g/mol. The van der Waals surface area contributed by atoms with Crippen molar-refractivity contribution in [1.29, 1.82) is 0 Å².